The highest BCUT2D eigenvalue weighted by Gasteiger charge is 2.45. The maximum Gasteiger partial charge on any atom is 0.0215 e. The van der Waals surface area contributed by atoms with E-state index in [1.165, 1.54) is 114 Å². The van der Waals surface area contributed by atoms with Crippen molar-refractivity contribution in [3.63, 3.8) is 0 Å². The van der Waals surface area contributed by atoms with Crippen LogP contribution in [0.25, 0.3) is 76.8 Å². The van der Waals surface area contributed by atoms with Crippen molar-refractivity contribution in [1.82, 2.24) is 0 Å². The molecule has 0 amide bonds. The first-order valence-corrected chi connectivity index (χ1v) is 16.4. The van der Waals surface area contributed by atoms with Crippen molar-refractivity contribution in [2.75, 3.05) is 0 Å². The van der Waals surface area contributed by atoms with Gasteiger partial charge in [-0.05, 0) is 119 Å². The topological polar surface area (TPSA) is 0 Å². The van der Waals surface area contributed by atoms with Crippen LogP contribution in [0.15, 0.2) is 146 Å². The zero-order valence-corrected chi connectivity index (χ0v) is 25.2. The zero-order chi connectivity index (χ0) is 29.5. The summed E-state index contributed by atoms with van der Waals surface area (Å²) in [5, 5.41) is 8.10. The van der Waals surface area contributed by atoms with Gasteiger partial charge < -0.3 is 0 Å². The molecule has 1 spiro atoms. The summed E-state index contributed by atoms with van der Waals surface area (Å²) < 4.78 is 0. The summed E-state index contributed by atoms with van der Waals surface area (Å²) in [6.07, 6.45) is 5.02. The van der Waals surface area contributed by atoms with Gasteiger partial charge in [-0.2, -0.15) is 0 Å². The van der Waals surface area contributed by atoms with Gasteiger partial charge in [0.05, 0.1) is 0 Å². The Morgan fingerprint density at radius 2 is 0.889 bits per heavy atom. The molecule has 0 atom stereocenters. The Kier molecular flexibility index (Phi) is 5.26. The molecule has 8 aromatic rings. The first-order chi connectivity index (χ1) is 22.3. The Labute approximate surface area is 263 Å². The van der Waals surface area contributed by atoms with E-state index in [0.29, 0.717) is 0 Å². The van der Waals surface area contributed by atoms with Gasteiger partial charge in [-0.15, -0.1) is 0 Å². The van der Waals surface area contributed by atoms with Crippen molar-refractivity contribution < 1.29 is 0 Å². The van der Waals surface area contributed by atoms with Gasteiger partial charge in [0.25, 0.3) is 0 Å². The van der Waals surface area contributed by atoms with Crippen LogP contribution < -0.4 is 0 Å². The first kappa shape index (κ1) is 25.2. The zero-order valence-electron chi connectivity index (χ0n) is 25.2. The average Bonchev–Trinajstić information content (AvgIpc) is 3.71. The standard InChI is InChI=1S/C45H32/c1-2-8-29(9-3-1)33-12-7-13-34(26-33)35-18-21-38-39-22-19-36(28-42(39)45(41(38)27-35)24-4-5-25-45)37-20-16-32-15-14-30-10-6-11-31-17-23-40(37)44(32)43(30)31/h1-3,6-23,26-28H,4-5,24-25H2. The van der Waals surface area contributed by atoms with Crippen LogP contribution in [0.2, 0.25) is 0 Å². The fraction of sp³-hybridized carbons (Fsp3) is 0.111. The van der Waals surface area contributed by atoms with E-state index in [1.807, 2.05) is 0 Å². The molecular weight excluding hydrogens is 540 g/mol. The molecule has 0 saturated heterocycles. The van der Waals surface area contributed by atoms with Crippen molar-refractivity contribution in [2.24, 2.45) is 0 Å². The third-order valence-corrected chi connectivity index (χ3v) is 11.0. The minimum Gasteiger partial charge on any atom is -0.0622 e. The van der Waals surface area contributed by atoms with E-state index in [-0.39, 0.29) is 5.41 Å². The van der Waals surface area contributed by atoms with Gasteiger partial charge in [-0.25, -0.2) is 0 Å². The minimum absolute atomic E-state index is 0.0948. The number of rotatable bonds is 3. The molecule has 0 aromatic heterocycles. The summed E-state index contributed by atoms with van der Waals surface area (Å²) in [5.74, 6) is 0. The summed E-state index contributed by atoms with van der Waals surface area (Å²) in [6.45, 7) is 0. The summed E-state index contributed by atoms with van der Waals surface area (Å²) >= 11 is 0. The first-order valence-electron chi connectivity index (χ1n) is 16.4. The smallest absolute Gasteiger partial charge is 0.0215 e. The summed E-state index contributed by atoms with van der Waals surface area (Å²) in [6, 6.07) is 55.0. The van der Waals surface area contributed by atoms with Gasteiger partial charge in [-0.1, -0.05) is 140 Å². The van der Waals surface area contributed by atoms with Crippen molar-refractivity contribution in [2.45, 2.75) is 31.1 Å². The van der Waals surface area contributed by atoms with Gasteiger partial charge in [0.15, 0.2) is 0 Å². The molecule has 2 aliphatic rings. The third kappa shape index (κ3) is 3.60. The van der Waals surface area contributed by atoms with E-state index in [1.54, 1.807) is 0 Å². The molecule has 0 aliphatic heterocycles. The van der Waals surface area contributed by atoms with Gasteiger partial charge in [0, 0.05) is 5.41 Å². The second-order valence-corrected chi connectivity index (χ2v) is 13.2. The third-order valence-electron chi connectivity index (χ3n) is 11.0. The van der Waals surface area contributed by atoms with Crippen molar-refractivity contribution in [1.29, 1.82) is 0 Å². The van der Waals surface area contributed by atoms with E-state index in [4.69, 9.17) is 0 Å². The van der Waals surface area contributed by atoms with Gasteiger partial charge in [0.1, 0.15) is 0 Å². The van der Waals surface area contributed by atoms with Crippen LogP contribution in [-0.4, -0.2) is 0 Å². The SMILES string of the molecule is c1ccc(-c2cccc(-c3ccc4c(c3)C3(CCCC3)c3cc(-c5ccc6ccc7cccc8ccc5c6c78)ccc3-4)c2)cc1. The highest BCUT2D eigenvalue weighted by atomic mass is 14.5. The maximum absolute atomic E-state index is 2.56. The Hall–Kier alpha value is -5.20. The molecule has 0 N–H and O–H groups in total. The van der Waals surface area contributed by atoms with Gasteiger partial charge in [0.2, 0.25) is 0 Å². The molecule has 10 rings (SSSR count). The molecule has 1 fully saturated rings. The summed E-state index contributed by atoms with van der Waals surface area (Å²) in [5.41, 5.74) is 13.8. The quantitative estimate of drug-likeness (QED) is 0.185. The van der Waals surface area contributed by atoms with Crippen LogP contribution in [0.5, 0.6) is 0 Å². The lowest BCUT2D eigenvalue weighted by Crippen LogP contribution is -2.20. The molecule has 1 saturated carbocycles. The molecule has 0 heteroatoms. The monoisotopic (exact) mass is 572 g/mol. The van der Waals surface area contributed by atoms with Crippen LogP contribution in [0.4, 0.5) is 0 Å². The van der Waals surface area contributed by atoms with Gasteiger partial charge >= 0.3 is 0 Å². The van der Waals surface area contributed by atoms with Crippen molar-refractivity contribution in [3.05, 3.63) is 157 Å². The van der Waals surface area contributed by atoms with Gasteiger partial charge in [-0.3, -0.25) is 0 Å². The number of hydrogen-bond donors (Lipinski definition) is 0. The van der Waals surface area contributed by atoms with E-state index in [9.17, 15) is 0 Å². The molecule has 8 aromatic carbocycles. The lowest BCUT2D eigenvalue weighted by Gasteiger charge is -2.27. The number of hydrogen-bond acceptors (Lipinski definition) is 0. The Bertz CT molecular complexity index is 2400. The number of fused-ring (bicyclic) bond motifs is 5. The second kappa shape index (κ2) is 9.40. The van der Waals surface area contributed by atoms with E-state index in [0.717, 1.165) is 0 Å². The van der Waals surface area contributed by atoms with Crippen LogP contribution in [0.3, 0.4) is 0 Å². The molecule has 0 nitrogen and oxygen atoms in total. The van der Waals surface area contributed by atoms with Crippen molar-refractivity contribution in [3.8, 4) is 44.5 Å². The van der Waals surface area contributed by atoms with Crippen LogP contribution >= 0.6 is 0 Å². The summed E-state index contributed by atoms with van der Waals surface area (Å²) in [4.78, 5) is 0. The average molecular weight is 573 g/mol. The fourth-order valence-electron chi connectivity index (χ4n) is 8.86. The predicted octanol–water partition coefficient (Wildman–Crippen LogP) is 12.4. The fourth-order valence-corrected chi connectivity index (χ4v) is 8.86. The van der Waals surface area contributed by atoms with Crippen LogP contribution in [0.1, 0.15) is 36.8 Å². The maximum atomic E-state index is 2.56. The van der Waals surface area contributed by atoms with E-state index >= 15 is 0 Å². The molecular formula is C45H32. The normalized spacial score (nSPS) is 14.9. The highest BCUT2D eigenvalue weighted by Crippen LogP contribution is 2.58. The molecule has 0 radical (unpaired) electrons. The van der Waals surface area contributed by atoms with Crippen molar-refractivity contribution >= 4 is 32.3 Å². The Morgan fingerprint density at radius 1 is 0.356 bits per heavy atom. The lowest BCUT2D eigenvalue weighted by molar-refractivity contribution is 0.550. The Balaban J connectivity index is 1.12. The predicted molar refractivity (Wildman–Crippen MR) is 191 cm³/mol. The number of benzene rings is 8. The molecule has 0 unspecified atom stereocenters. The lowest BCUT2D eigenvalue weighted by atomic mass is 9.75. The highest BCUT2D eigenvalue weighted by molar-refractivity contribution is 6.25. The second-order valence-electron chi connectivity index (χ2n) is 13.2. The van der Waals surface area contributed by atoms with E-state index < -0.39 is 0 Å². The largest absolute Gasteiger partial charge is 0.0622 e. The minimum atomic E-state index is 0.0948. The Morgan fingerprint density at radius 3 is 1.64 bits per heavy atom. The molecule has 0 heterocycles. The molecule has 45 heavy (non-hydrogen) atoms. The molecule has 2 aliphatic carbocycles. The summed E-state index contributed by atoms with van der Waals surface area (Å²) in [7, 11) is 0. The van der Waals surface area contributed by atoms with Crippen LogP contribution in [-0.2, 0) is 5.41 Å². The molecule has 0 bridgehead atoms. The molecule has 212 valence electrons. The van der Waals surface area contributed by atoms with E-state index in [2.05, 4.69) is 146 Å². The van der Waals surface area contributed by atoms with Crippen LogP contribution in [0, 0.1) is 0 Å².